The first-order valence-electron chi connectivity index (χ1n) is 7.58. The lowest BCUT2D eigenvalue weighted by Gasteiger charge is -2.43. The van der Waals surface area contributed by atoms with Crippen LogP contribution in [0.4, 0.5) is 0 Å². The Morgan fingerprint density at radius 1 is 1.48 bits per heavy atom. The van der Waals surface area contributed by atoms with Gasteiger partial charge >= 0.3 is 0 Å². The molecule has 0 aromatic carbocycles. The molecule has 21 heavy (non-hydrogen) atoms. The number of carbonyl (C=O) groups excluding carboxylic acids is 1. The molecule has 0 aromatic rings. The molecule has 3 heterocycles. The van der Waals surface area contributed by atoms with Crippen LogP contribution in [-0.2, 0) is 4.79 Å². The standard InChI is InChI=1S/C13H24N6OS/c14-2-4-16-13(20)10-7-19(5-6-21-10)12-9-1-3-15-11(9)17-8-18-12/h7,9,11-12,15,17-18H,1-6,8,14H2,(H,16,20). The van der Waals surface area contributed by atoms with Crippen molar-refractivity contribution in [2.24, 2.45) is 11.7 Å². The number of nitrogens with two attached hydrogens (primary N) is 1. The minimum Gasteiger partial charge on any atom is -0.359 e. The van der Waals surface area contributed by atoms with E-state index in [0.717, 1.165) is 36.8 Å². The van der Waals surface area contributed by atoms with Gasteiger partial charge in [-0.15, -0.1) is 11.8 Å². The summed E-state index contributed by atoms with van der Waals surface area (Å²) in [4.78, 5) is 15.2. The fraction of sp³-hybridized carbons (Fsp3) is 0.769. The molecule has 0 saturated carbocycles. The van der Waals surface area contributed by atoms with Crippen LogP contribution in [0.15, 0.2) is 11.1 Å². The Morgan fingerprint density at radius 2 is 2.38 bits per heavy atom. The van der Waals surface area contributed by atoms with Gasteiger partial charge < -0.3 is 21.3 Å². The monoisotopic (exact) mass is 312 g/mol. The molecule has 8 heteroatoms. The molecule has 3 aliphatic heterocycles. The first-order valence-corrected chi connectivity index (χ1v) is 8.57. The van der Waals surface area contributed by atoms with Crippen molar-refractivity contribution >= 4 is 17.7 Å². The molecule has 3 unspecified atom stereocenters. The largest absolute Gasteiger partial charge is 0.359 e. The van der Waals surface area contributed by atoms with Gasteiger partial charge in [-0.3, -0.25) is 15.4 Å². The normalized spacial score (nSPS) is 32.5. The quantitative estimate of drug-likeness (QED) is 0.425. The molecule has 118 valence electrons. The lowest BCUT2D eigenvalue weighted by molar-refractivity contribution is -0.116. The number of thioether (sulfide) groups is 1. The van der Waals surface area contributed by atoms with E-state index in [1.807, 2.05) is 6.20 Å². The van der Waals surface area contributed by atoms with Crippen LogP contribution in [0.2, 0.25) is 0 Å². The fourth-order valence-electron chi connectivity index (χ4n) is 3.21. The van der Waals surface area contributed by atoms with Crippen LogP contribution in [0.25, 0.3) is 0 Å². The Morgan fingerprint density at radius 3 is 3.24 bits per heavy atom. The van der Waals surface area contributed by atoms with Gasteiger partial charge in [-0.05, 0) is 13.0 Å². The van der Waals surface area contributed by atoms with Crippen LogP contribution in [0.3, 0.4) is 0 Å². The summed E-state index contributed by atoms with van der Waals surface area (Å²) in [5.74, 6) is 1.47. The van der Waals surface area contributed by atoms with E-state index < -0.39 is 0 Å². The summed E-state index contributed by atoms with van der Waals surface area (Å²) in [6, 6.07) is 0. The molecule has 0 radical (unpaired) electrons. The molecule has 3 aliphatic rings. The van der Waals surface area contributed by atoms with Gasteiger partial charge in [-0.25, -0.2) is 0 Å². The highest BCUT2D eigenvalue weighted by molar-refractivity contribution is 8.04. The zero-order valence-electron chi connectivity index (χ0n) is 12.1. The van der Waals surface area contributed by atoms with Gasteiger partial charge in [0.2, 0.25) is 0 Å². The van der Waals surface area contributed by atoms with Gasteiger partial charge in [-0.1, -0.05) is 0 Å². The Bertz CT molecular complexity index is 417. The second kappa shape index (κ2) is 6.97. The van der Waals surface area contributed by atoms with E-state index >= 15 is 0 Å². The van der Waals surface area contributed by atoms with Crippen molar-refractivity contribution in [3.05, 3.63) is 11.1 Å². The number of carbonyl (C=O) groups is 1. The number of nitrogens with zero attached hydrogens (tertiary/aromatic N) is 1. The van der Waals surface area contributed by atoms with Crippen molar-refractivity contribution in [1.82, 2.24) is 26.2 Å². The predicted molar refractivity (Wildman–Crippen MR) is 84.1 cm³/mol. The first-order chi connectivity index (χ1) is 10.3. The Hall–Kier alpha value is -0.800. The van der Waals surface area contributed by atoms with Crippen LogP contribution in [0.5, 0.6) is 0 Å². The van der Waals surface area contributed by atoms with Crippen molar-refractivity contribution in [2.75, 3.05) is 38.6 Å². The highest BCUT2D eigenvalue weighted by Crippen LogP contribution is 2.28. The molecule has 3 atom stereocenters. The van der Waals surface area contributed by atoms with Crippen LogP contribution < -0.4 is 27.0 Å². The lowest BCUT2D eigenvalue weighted by Crippen LogP contribution is -2.63. The Kier molecular flexibility index (Phi) is 5.02. The molecule has 0 aliphatic carbocycles. The molecule has 0 bridgehead atoms. The van der Waals surface area contributed by atoms with Crippen molar-refractivity contribution in [3.8, 4) is 0 Å². The summed E-state index contributed by atoms with van der Waals surface area (Å²) in [6.07, 6.45) is 3.85. The van der Waals surface area contributed by atoms with Gasteiger partial charge in [0.25, 0.3) is 5.91 Å². The van der Waals surface area contributed by atoms with E-state index in [9.17, 15) is 4.79 Å². The predicted octanol–water partition coefficient (Wildman–Crippen LogP) is -1.64. The van der Waals surface area contributed by atoms with Crippen molar-refractivity contribution < 1.29 is 4.79 Å². The van der Waals surface area contributed by atoms with Gasteiger partial charge in [0.15, 0.2) is 0 Å². The Labute approximate surface area is 129 Å². The third kappa shape index (κ3) is 3.35. The molecule has 0 aromatic heterocycles. The zero-order chi connectivity index (χ0) is 14.7. The number of hydrogen-bond donors (Lipinski definition) is 5. The second-order valence-electron chi connectivity index (χ2n) is 5.54. The summed E-state index contributed by atoms with van der Waals surface area (Å²) in [5.41, 5.74) is 5.43. The Balaban J connectivity index is 1.68. The second-order valence-corrected chi connectivity index (χ2v) is 6.68. The van der Waals surface area contributed by atoms with Gasteiger partial charge in [0.05, 0.1) is 17.2 Å². The van der Waals surface area contributed by atoms with Gasteiger partial charge in [-0.2, -0.15) is 0 Å². The smallest absolute Gasteiger partial charge is 0.259 e. The average molecular weight is 312 g/mol. The van der Waals surface area contributed by atoms with Gasteiger partial charge in [0, 0.05) is 44.2 Å². The van der Waals surface area contributed by atoms with E-state index in [0.29, 0.717) is 31.3 Å². The number of amides is 1. The number of nitrogens with one attached hydrogen (secondary N) is 4. The van der Waals surface area contributed by atoms with E-state index in [2.05, 4.69) is 26.2 Å². The maximum Gasteiger partial charge on any atom is 0.259 e. The van der Waals surface area contributed by atoms with Crippen molar-refractivity contribution in [3.63, 3.8) is 0 Å². The topological polar surface area (TPSA) is 94.5 Å². The van der Waals surface area contributed by atoms with E-state index in [1.54, 1.807) is 11.8 Å². The van der Waals surface area contributed by atoms with E-state index in [1.165, 1.54) is 0 Å². The van der Waals surface area contributed by atoms with Crippen LogP contribution in [0.1, 0.15) is 6.42 Å². The maximum absolute atomic E-state index is 12.1. The third-order valence-corrected chi connectivity index (χ3v) is 5.20. The summed E-state index contributed by atoms with van der Waals surface area (Å²) in [5, 5.41) is 13.3. The molecule has 6 N–H and O–H groups in total. The van der Waals surface area contributed by atoms with Crippen molar-refractivity contribution in [2.45, 2.75) is 18.8 Å². The lowest BCUT2D eigenvalue weighted by atomic mass is 9.99. The van der Waals surface area contributed by atoms with Crippen molar-refractivity contribution in [1.29, 1.82) is 0 Å². The minimum atomic E-state index is -0.00909. The molecule has 2 saturated heterocycles. The van der Waals surface area contributed by atoms with E-state index in [4.69, 9.17) is 5.73 Å². The number of hydrogen-bond acceptors (Lipinski definition) is 7. The summed E-state index contributed by atoms with van der Waals surface area (Å²) in [6.45, 7) is 3.82. The number of fused-ring (bicyclic) bond motifs is 1. The van der Waals surface area contributed by atoms with E-state index in [-0.39, 0.29) is 5.91 Å². The minimum absolute atomic E-state index is 0.00909. The fourth-order valence-corrected chi connectivity index (χ4v) is 4.14. The molecule has 3 rings (SSSR count). The SMILES string of the molecule is NCCNC(=O)C1=CN(C2NCNC3NCCC32)CCS1. The summed E-state index contributed by atoms with van der Waals surface area (Å²) in [7, 11) is 0. The molecular weight excluding hydrogens is 288 g/mol. The van der Waals surface area contributed by atoms with Gasteiger partial charge in [0.1, 0.15) is 0 Å². The highest BCUT2D eigenvalue weighted by Gasteiger charge is 2.39. The average Bonchev–Trinajstić information content (AvgIpc) is 3.01. The third-order valence-electron chi connectivity index (χ3n) is 4.21. The summed E-state index contributed by atoms with van der Waals surface area (Å²) >= 11 is 1.62. The first kappa shape index (κ1) is 15.1. The number of rotatable bonds is 4. The molecular formula is C13H24N6OS. The zero-order valence-corrected chi connectivity index (χ0v) is 12.9. The van der Waals surface area contributed by atoms with Crippen LogP contribution in [0, 0.1) is 5.92 Å². The summed E-state index contributed by atoms with van der Waals surface area (Å²) < 4.78 is 0. The van der Waals surface area contributed by atoms with Crippen LogP contribution in [-0.4, -0.2) is 61.7 Å². The molecule has 1 amide bonds. The highest BCUT2D eigenvalue weighted by atomic mass is 32.2. The molecule has 2 fully saturated rings. The molecule has 7 nitrogen and oxygen atoms in total. The van der Waals surface area contributed by atoms with Crippen LogP contribution >= 0.6 is 11.8 Å². The maximum atomic E-state index is 12.1. The molecule has 0 spiro atoms.